The van der Waals surface area contributed by atoms with Gasteiger partial charge in [0.05, 0.1) is 16.9 Å². The molecular formula is C31H28N2O3S. The van der Waals surface area contributed by atoms with E-state index in [0.717, 1.165) is 10.5 Å². The highest BCUT2D eigenvalue weighted by atomic mass is 32.2. The first-order chi connectivity index (χ1) is 17.8. The quantitative estimate of drug-likeness (QED) is 0.194. The summed E-state index contributed by atoms with van der Waals surface area (Å²) in [7, 11) is 0. The normalized spacial score (nSPS) is 10.7. The first-order valence-corrected chi connectivity index (χ1v) is 12.9. The summed E-state index contributed by atoms with van der Waals surface area (Å²) in [6, 6.07) is 28.5. The fraction of sp³-hybridized carbons (Fsp3) is 0.129. The number of amides is 2. The minimum absolute atomic E-state index is 0.180. The third-order valence-corrected chi connectivity index (χ3v) is 6.59. The Morgan fingerprint density at radius 2 is 1.30 bits per heavy atom. The number of para-hydroxylation sites is 1. The van der Waals surface area contributed by atoms with Gasteiger partial charge in [-0.2, -0.15) is 0 Å². The summed E-state index contributed by atoms with van der Waals surface area (Å²) in [4.78, 5) is 40.6. The summed E-state index contributed by atoms with van der Waals surface area (Å²) in [5.74, 6) is -0.909. The van der Waals surface area contributed by atoms with Crippen LogP contribution in [0.15, 0.2) is 102 Å². The molecule has 0 radical (unpaired) electrons. The Morgan fingerprint density at radius 1 is 0.649 bits per heavy atom. The monoisotopic (exact) mass is 508 g/mol. The molecule has 0 aromatic heterocycles. The molecule has 0 aliphatic rings. The zero-order valence-corrected chi connectivity index (χ0v) is 21.8. The first kappa shape index (κ1) is 25.9. The van der Waals surface area contributed by atoms with E-state index < -0.39 is 5.91 Å². The van der Waals surface area contributed by atoms with E-state index >= 15 is 0 Å². The minimum atomic E-state index is -0.425. The fourth-order valence-corrected chi connectivity index (χ4v) is 4.75. The Balaban J connectivity index is 1.58. The molecule has 186 valence electrons. The molecule has 0 spiro atoms. The average Bonchev–Trinajstić information content (AvgIpc) is 2.90. The number of aryl methyl sites for hydroxylation is 1. The molecule has 0 heterocycles. The highest BCUT2D eigenvalue weighted by molar-refractivity contribution is 7.99. The van der Waals surface area contributed by atoms with Crippen molar-refractivity contribution in [2.24, 2.45) is 0 Å². The molecule has 0 saturated carbocycles. The molecule has 0 bridgehead atoms. The van der Waals surface area contributed by atoms with Crippen molar-refractivity contribution in [1.82, 2.24) is 0 Å². The van der Waals surface area contributed by atoms with Crippen LogP contribution >= 0.6 is 11.8 Å². The highest BCUT2D eigenvalue weighted by Crippen LogP contribution is 2.26. The number of ketones is 1. The van der Waals surface area contributed by atoms with Crippen molar-refractivity contribution >= 4 is 40.7 Å². The van der Waals surface area contributed by atoms with Crippen molar-refractivity contribution in [2.75, 3.05) is 10.6 Å². The third-order valence-electron chi connectivity index (χ3n) is 5.59. The molecule has 4 rings (SSSR count). The number of nitrogens with one attached hydrogen (secondary N) is 2. The molecule has 4 aromatic carbocycles. The second kappa shape index (κ2) is 11.7. The molecule has 2 N–H and O–H groups in total. The molecule has 0 unspecified atom stereocenters. The maximum atomic E-state index is 13.3. The van der Waals surface area contributed by atoms with Crippen LogP contribution in [-0.2, 0) is 0 Å². The lowest BCUT2D eigenvalue weighted by Gasteiger charge is -2.14. The van der Waals surface area contributed by atoms with Crippen LogP contribution in [-0.4, -0.2) is 22.8 Å². The Labute approximate surface area is 221 Å². The largest absolute Gasteiger partial charge is 0.321 e. The zero-order chi connectivity index (χ0) is 26.4. The van der Waals surface area contributed by atoms with Gasteiger partial charge in [-0.05, 0) is 49.4 Å². The van der Waals surface area contributed by atoms with Crippen molar-refractivity contribution in [2.45, 2.75) is 30.9 Å². The van der Waals surface area contributed by atoms with Gasteiger partial charge in [0, 0.05) is 26.8 Å². The molecule has 37 heavy (non-hydrogen) atoms. The Morgan fingerprint density at radius 3 is 2.05 bits per heavy atom. The topological polar surface area (TPSA) is 75.3 Å². The van der Waals surface area contributed by atoms with E-state index in [1.807, 2.05) is 37.3 Å². The molecular weight excluding hydrogens is 480 g/mol. The van der Waals surface area contributed by atoms with E-state index in [1.54, 1.807) is 78.5 Å². The fourth-order valence-electron chi connectivity index (χ4n) is 3.86. The summed E-state index contributed by atoms with van der Waals surface area (Å²) < 4.78 is 0. The summed E-state index contributed by atoms with van der Waals surface area (Å²) in [5, 5.41) is 6.14. The molecule has 0 atom stereocenters. The lowest BCUT2D eigenvalue weighted by atomic mass is 9.99. The van der Waals surface area contributed by atoms with Crippen LogP contribution in [0.25, 0.3) is 0 Å². The predicted molar refractivity (Wildman–Crippen MR) is 151 cm³/mol. The van der Waals surface area contributed by atoms with Crippen LogP contribution in [0.5, 0.6) is 0 Å². The Kier molecular flexibility index (Phi) is 8.21. The van der Waals surface area contributed by atoms with E-state index in [-0.39, 0.29) is 11.7 Å². The summed E-state index contributed by atoms with van der Waals surface area (Å²) >= 11 is 1.68. The minimum Gasteiger partial charge on any atom is -0.321 e. The second-order valence-corrected chi connectivity index (χ2v) is 10.5. The van der Waals surface area contributed by atoms with Gasteiger partial charge >= 0.3 is 0 Å². The number of rotatable bonds is 8. The summed E-state index contributed by atoms with van der Waals surface area (Å²) in [6.07, 6.45) is 0. The number of thioether (sulfide) groups is 1. The third kappa shape index (κ3) is 6.54. The molecule has 0 aliphatic carbocycles. The summed E-state index contributed by atoms with van der Waals surface area (Å²) in [5.41, 5.74) is 3.44. The molecule has 4 aromatic rings. The van der Waals surface area contributed by atoms with Crippen molar-refractivity contribution in [3.63, 3.8) is 0 Å². The van der Waals surface area contributed by atoms with Gasteiger partial charge in [0.1, 0.15) is 0 Å². The highest BCUT2D eigenvalue weighted by Gasteiger charge is 2.19. The van der Waals surface area contributed by atoms with E-state index in [9.17, 15) is 14.4 Å². The van der Waals surface area contributed by atoms with Gasteiger partial charge in [-0.25, -0.2) is 0 Å². The van der Waals surface area contributed by atoms with Crippen molar-refractivity contribution in [3.8, 4) is 0 Å². The first-order valence-electron chi connectivity index (χ1n) is 12.0. The van der Waals surface area contributed by atoms with Gasteiger partial charge in [0.2, 0.25) is 0 Å². The lowest BCUT2D eigenvalue weighted by Crippen LogP contribution is -2.19. The van der Waals surface area contributed by atoms with Crippen molar-refractivity contribution in [1.29, 1.82) is 0 Å². The Bertz CT molecular complexity index is 1450. The lowest BCUT2D eigenvalue weighted by molar-refractivity contribution is 0.102. The van der Waals surface area contributed by atoms with Gasteiger partial charge < -0.3 is 10.6 Å². The van der Waals surface area contributed by atoms with Gasteiger partial charge in [-0.1, -0.05) is 74.0 Å². The van der Waals surface area contributed by atoms with E-state index in [1.165, 1.54) is 0 Å². The van der Waals surface area contributed by atoms with Crippen molar-refractivity contribution in [3.05, 3.63) is 125 Å². The molecule has 2 amide bonds. The van der Waals surface area contributed by atoms with E-state index in [2.05, 4.69) is 24.5 Å². The maximum Gasteiger partial charge on any atom is 0.257 e. The van der Waals surface area contributed by atoms with Gasteiger partial charge in [-0.15, -0.1) is 11.8 Å². The zero-order valence-electron chi connectivity index (χ0n) is 20.9. The molecule has 0 aliphatic heterocycles. The molecule has 6 heteroatoms. The maximum absolute atomic E-state index is 13.3. The number of anilines is 2. The van der Waals surface area contributed by atoms with E-state index in [4.69, 9.17) is 0 Å². The van der Waals surface area contributed by atoms with Crippen LogP contribution in [0.1, 0.15) is 56.0 Å². The molecule has 5 nitrogen and oxygen atoms in total. The predicted octanol–water partition coefficient (Wildman–Crippen LogP) is 7.23. The van der Waals surface area contributed by atoms with Crippen LogP contribution in [0.2, 0.25) is 0 Å². The number of hydrogen-bond acceptors (Lipinski definition) is 4. The van der Waals surface area contributed by atoms with Crippen LogP contribution in [0.3, 0.4) is 0 Å². The van der Waals surface area contributed by atoms with Crippen LogP contribution < -0.4 is 10.6 Å². The second-order valence-electron chi connectivity index (χ2n) is 8.89. The van der Waals surface area contributed by atoms with Gasteiger partial charge in [-0.3, -0.25) is 14.4 Å². The number of carbonyl (C=O) groups excluding carboxylic acids is 3. The number of hydrogen-bond donors (Lipinski definition) is 2. The van der Waals surface area contributed by atoms with Crippen LogP contribution in [0, 0.1) is 6.92 Å². The standard InChI is InChI=1S/C31H28N2O3S/c1-20(2)37-24-13-9-12-23(19-24)30(35)32-27-15-8-7-14-25(27)31(36)33-28-17-16-21(3)18-26(28)29(34)22-10-5-4-6-11-22/h4-20H,1-3H3,(H,32,35)(H,33,36). The van der Waals surface area contributed by atoms with Crippen LogP contribution in [0.4, 0.5) is 11.4 Å². The van der Waals surface area contributed by atoms with Gasteiger partial charge in [0.15, 0.2) is 5.78 Å². The van der Waals surface area contributed by atoms with E-state index in [0.29, 0.717) is 38.9 Å². The number of carbonyl (C=O) groups is 3. The van der Waals surface area contributed by atoms with Crippen molar-refractivity contribution < 1.29 is 14.4 Å². The number of benzene rings is 4. The SMILES string of the molecule is Cc1ccc(NC(=O)c2ccccc2NC(=O)c2cccc(SC(C)C)c2)c(C(=O)c2ccccc2)c1. The summed E-state index contributed by atoms with van der Waals surface area (Å²) in [6.45, 7) is 6.09. The Hall–Kier alpha value is -4.16. The molecule has 0 saturated heterocycles. The average molecular weight is 509 g/mol. The van der Waals surface area contributed by atoms with Gasteiger partial charge in [0.25, 0.3) is 11.8 Å². The molecule has 0 fully saturated rings. The smallest absolute Gasteiger partial charge is 0.257 e.